The molecule has 6 saturated heterocycles. The lowest BCUT2D eigenvalue weighted by Crippen LogP contribution is -2.70. The van der Waals surface area contributed by atoms with Crippen molar-refractivity contribution in [1.29, 1.82) is 0 Å². The van der Waals surface area contributed by atoms with Gasteiger partial charge >= 0.3 is 8.56 Å². The molecule has 1 amide bonds. The molecule has 6 heterocycles. The molecule has 0 saturated carbocycles. The Morgan fingerprint density at radius 3 is 1.82 bits per heavy atom. The molecule has 6 fully saturated rings. The summed E-state index contributed by atoms with van der Waals surface area (Å²) in [6.45, 7) is 25.3. The van der Waals surface area contributed by atoms with Crippen molar-refractivity contribution in [2.45, 2.75) is 242 Å². The second-order valence-corrected chi connectivity index (χ2v) is 38.4. The minimum Gasteiger partial charge on any atom is -0.404 e. The standard InChI is InChI=1S/C81H105NO12Si2/c1-58(51-59(2)55-85-56-61-31-18-12-19-32-61)52-77(10)47-45-71(90-77)81-50-49-79(93-81,57-86-95(76(7,8)9,63-35-22-14-23-36-63)64-37-24-15-25-38-64)54-70(89-81)72-67(83)53-78(11,91-72)73(92-96(94-75(4,5)6,65-39-26-16-27-40-65)66-41-28-17-29-42-66)69-44-48-80(88-69)46-30-43-68(87-80)60(3)74(84)82-62-33-20-13-21-34-62/h12-29,31-42,51,58,60,67-73,83H,30,43-50,52-57H2,1-11H3,(H,82,84)/b59-51+/t58-,60+,67+,68-,69-,70+,71+,72-,73-,77+,78+,79-,80-,81+/m0/s1. The van der Waals surface area contributed by atoms with Crippen LogP contribution in [0, 0.1) is 11.8 Å². The number of nitrogens with one attached hydrogen (secondary N) is 1. The predicted molar refractivity (Wildman–Crippen MR) is 382 cm³/mol. The summed E-state index contributed by atoms with van der Waals surface area (Å²) < 4.78 is 75.1. The van der Waals surface area contributed by atoms with E-state index in [0.29, 0.717) is 58.3 Å². The van der Waals surface area contributed by atoms with Crippen molar-refractivity contribution in [3.8, 4) is 0 Å². The minimum absolute atomic E-state index is 0.101. The Kier molecular flexibility index (Phi) is 21.0. The fraction of sp³-hybridized carbons (Fsp3) is 0.519. The molecule has 0 unspecified atom stereocenters. The van der Waals surface area contributed by atoms with Crippen LogP contribution in [0.3, 0.4) is 0 Å². The number of fused-ring (bicyclic) bond motifs is 2. The number of amides is 1. The number of rotatable bonds is 24. The summed E-state index contributed by atoms with van der Waals surface area (Å²) in [5.41, 5.74) is -0.0979. The average molecular weight is 1340 g/mol. The van der Waals surface area contributed by atoms with Gasteiger partial charge in [-0.15, -0.1) is 0 Å². The first-order valence-electron chi connectivity index (χ1n) is 35.5. The van der Waals surface area contributed by atoms with E-state index < -0.39 is 93.4 Å². The van der Waals surface area contributed by atoms with E-state index in [-0.39, 0.29) is 29.4 Å². The highest BCUT2D eigenvalue weighted by Crippen LogP contribution is 2.57. The van der Waals surface area contributed by atoms with Gasteiger partial charge in [-0.3, -0.25) is 4.79 Å². The van der Waals surface area contributed by atoms with Crippen LogP contribution in [0.5, 0.6) is 0 Å². The van der Waals surface area contributed by atoms with E-state index in [2.05, 4.69) is 178 Å². The molecule has 15 heteroatoms. The van der Waals surface area contributed by atoms with E-state index in [4.69, 9.17) is 46.4 Å². The Bertz CT molecular complexity index is 3460. The highest BCUT2D eigenvalue weighted by molar-refractivity contribution is 6.99. The van der Waals surface area contributed by atoms with Crippen molar-refractivity contribution in [3.05, 3.63) is 199 Å². The van der Waals surface area contributed by atoms with E-state index in [9.17, 15) is 9.90 Å². The van der Waals surface area contributed by atoms with Gasteiger partial charge in [0.2, 0.25) is 5.91 Å². The average Bonchev–Trinajstić information content (AvgIpc) is 1.58. The van der Waals surface area contributed by atoms with E-state index in [1.165, 1.54) is 15.9 Å². The number of para-hydroxylation sites is 1. The van der Waals surface area contributed by atoms with Gasteiger partial charge in [-0.25, -0.2) is 0 Å². The van der Waals surface area contributed by atoms with Crippen LogP contribution in [0.15, 0.2) is 194 Å². The van der Waals surface area contributed by atoms with Crippen LogP contribution in [0.2, 0.25) is 5.04 Å². The van der Waals surface area contributed by atoms with Gasteiger partial charge in [0.05, 0.1) is 72.6 Å². The molecule has 2 bridgehead atoms. The first-order valence-corrected chi connectivity index (χ1v) is 39.2. The number of carbonyl (C=O) groups is 1. The van der Waals surface area contributed by atoms with Gasteiger partial charge in [0.1, 0.15) is 18.3 Å². The Hall–Kier alpha value is -5.48. The molecular weight excluding hydrogens is 1240 g/mol. The summed E-state index contributed by atoms with van der Waals surface area (Å²) in [7, 11) is -6.89. The summed E-state index contributed by atoms with van der Waals surface area (Å²) in [4.78, 5) is 14.0. The van der Waals surface area contributed by atoms with Crippen molar-refractivity contribution in [3.63, 3.8) is 0 Å². The number of allylic oxidation sites excluding steroid dienone is 1. The van der Waals surface area contributed by atoms with Crippen molar-refractivity contribution < 1.29 is 56.3 Å². The number of hydrogen-bond donors (Lipinski definition) is 2. The van der Waals surface area contributed by atoms with Crippen LogP contribution < -0.4 is 26.1 Å². The molecule has 6 aliphatic rings. The lowest BCUT2D eigenvalue weighted by Gasteiger charge is -2.50. The number of aliphatic hydroxyl groups excluding tert-OH is 1. The fourth-order valence-electron chi connectivity index (χ4n) is 16.9. The maximum absolute atomic E-state index is 14.0. The maximum atomic E-state index is 14.0. The molecule has 6 aromatic carbocycles. The second kappa shape index (κ2) is 28.6. The first-order chi connectivity index (χ1) is 45.9. The Morgan fingerprint density at radius 2 is 1.23 bits per heavy atom. The molecule has 0 aromatic heterocycles. The number of carbonyl (C=O) groups excluding carboxylic acids is 1. The Labute approximate surface area is 573 Å². The molecule has 0 aliphatic carbocycles. The van der Waals surface area contributed by atoms with E-state index in [0.717, 1.165) is 53.7 Å². The maximum Gasteiger partial charge on any atom is 0.407 e. The number of hydrogen-bond acceptors (Lipinski definition) is 12. The fourth-order valence-corrected chi connectivity index (χ4v) is 25.3. The largest absolute Gasteiger partial charge is 0.407 e. The molecular formula is C81H105NO12Si2. The topological polar surface area (TPSA) is 142 Å². The van der Waals surface area contributed by atoms with Gasteiger partial charge < -0.3 is 56.9 Å². The highest BCUT2D eigenvalue weighted by atomic mass is 28.4. The van der Waals surface area contributed by atoms with Crippen LogP contribution in [0.1, 0.15) is 159 Å². The van der Waals surface area contributed by atoms with Crippen molar-refractivity contribution in [1.82, 2.24) is 0 Å². The first kappa shape index (κ1) is 70.4. The molecule has 6 aliphatic heterocycles. The highest BCUT2D eigenvalue weighted by Gasteiger charge is 2.67. The molecule has 2 N–H and O–H groups in total. The third-order valence-electron chi connectivity index (χ3n) is 21.2. The third-order valence-corrected chi connectivity index (χ3v) is 29.8. The third kappa shape index (κ3) is 15.2. The van der Waals surface area contributed by atoms with Crippen LogP contribution in [0.25, 0.3) is 0 Å². The summed E-state index contributed by atoms with van der Waals surface area (Å²) in [6.07, 6.45) is 5.15. The number of ether oxygens (including phenoxy) is 7. The van der Waals surface area contributed by atoms with Gasteiger partial charge in [0.25, 0.3) is 8.32 Å². The summed E-state index contributed by atoms with van der Waals surface area (Å²) >= 11 is 0. The normalized spacial score (nSPS) is 30.5. The van der Waals surface area contributed by atoms with E-state index in [1.807, 2.05) is 91.9 Å². The Morgan fingerprint density at radius 1 is 0.656 bits per heavy atom. The molecule has 6 aromatic rings. The second-order valence-electron chi connectivity index (χ2n) is 31.2. The zero-order chi connectivity index (χ0) is 67.6. The van der Waals surface area contributed by atoms with Crippen LogP contribution in [0.4, 0.5) is 5.69 Å². The predicted octanol–water partition coefficient (Wildman–Crippen LogP) is 13.8. The lowest BCUT2D eigenvalue weighted by atomic mass is 9.87. The van der Waals surface area contributed by atoms with Crippen molar-refractivity contribution in [2.24, 2.45) is 11.8 Å². The number of aliphatic hydroxyl groups is 1. The van der Waals surface area contributed by atoms with Gasteiger partial charge in [-0.1, -0.05) is 216 Å². The molecule has 96 heavy (non-hydrogen) atoms. The minimum atomic E-state index is -3.79. The van der Waals surface area contributed by atoms with Gasteiger partial charge in [0.15, 0.2) is 11.6 Å². The Balaban J connectivity index is 0.885. The number of anilines is 1. The van der Waals surface area contributed by atoms with Crippen LogP contribution in [-0.2, 0) is 57.8 Å². The zero-order valence-electron chi connectivity index (χ0n) is 58.6. The molecule has 13 nitrogen and oxygen atoms in total. The van der Waals surface area contributed by atoms with Crippen LogP contribution >= 0.6 is 0 Å². The number of benzene rings is 6. The SMILES string of the molecule is C/C(=C\[C@H](C)C[C@@]1(C)CC[C@H]([C@]23CC[C@@](CO[Si](c4ccccc4)(c4ccccc4)C(C)(C)C)(C[C@H]([C@H]4O[C@@](C)([C@@H](O[Si](OC(C)(C)C)(c5ccccc5)c5ccccc5)[C@@H]5CC[C@]6(CCC[C@@H]([C@@H](C)C(=O)Nc7ccccc7)O6)O5)C[C@H]4O)O2)O3)O1)COCc1ccccc1. The van der Waals surface area contributed by atoms with Gasteiger partial charge in [-0.2, -0.15) is 0 Å². The van der Waals surface area contributed by atoms with Crippen molar-refractivity contribution in [2.75, 3.05) is 18.5 Å². The summed E-state index contributed by atoms with van der Waals surface area (Å²) in [5.74, 6) is -2.52. The smallest absolute Gasteiger partial charge is 0.404 e. The summed E-state index contributed by atoms with van der Waals surface area (Å²) in [6, 6.07) is 62.2. The molecule has 514 valence electrons. The van der Waals surface area contributed by atoms with E-state index >= 15 is 0 Å². The molecule has 12 rings (SSSR count). The lowest BCUT2D eigenvalue weighted by molar-refractivity contribution is -0.368. The molecule has 0 radical (unpaired) electrons. The quantitative estimate of drug-likeness (QED) is 0.0440. The molecule has 1 spiro atoms. The molecule has 14 atom stereocenters. The van der Waals surface area contributed by atoms with Gasteiger partial charge in [-0.05, 0) is 136 Å². The zero-order valence-corrected chi connectivity index (χ0v) is 60.6. The monoisotopic (exact) mass is 1340 g/mol. The van der Waals surface area contributed by atoms with Crippen molar-refractivity contribution >= 4 is 49.2 Å². The van der Waals surface area contributed by atoms with Gasteiger partial charge in [0, 0.05) is 37.8 Å². The van der Waals surface area contributed by atoms with E-state index in [1.54, 1.807) is 0 Å². The summed E-state index contributed by atoms with van der Waals surface area (Å²) in [5, 5.41) is 20.3. The van der Waals surface area contributed by atoms with Crippen LogP contribution in [-0.4, -0.2) is 118 Å².